The Labute approximate surface area is 185 Å². The lowest BCUT2D eigenvalue weighted by molar-refractivity contribution is -0.135. The summed E-state index contributed by atoms with van der Waals surface area (Å²) in [5.41, 5.74) is 1.12. The summed E-state index contributed by atoms with van der Waals surface area (Å²) in [4.78, 5) is 29.0. The van der Waals surface area contributed by atoms with Gasteiger partial charge >= 0.3 is 0 Å². The van der Waals surface area contributed by atoms with Crippen LogP contribution in [0.15, 0.2) is 17.7 Å². The first-order chi connectivity index (χ1) is 13.4. The monoisotopic (exact) mass is 430 g/mol. The van der Waals surface area contributed by atoms with Gasteiger partial charge in [0.25, 0.3) is 11.8 Å². The van der Waals surface area contributed by atoms with Gasteiger partial charge in [-0.05, 0) is 67.6 Å². The highest BCUT2D eigenvalue weighted by Crippen LogP contribution is 2.40. The second-order valence-corrected chi connectivity index (χ2v) is 11.3. The maximum Gasteiger partial charge on any atom is 0.266 e. The van der Waals surface area contributed by atoms with Crippen molar-refractivity contribution >= 4 is 35.2 Å². The maximum atomic E-state index is 13.2. The minimum absolute atomic E-state index is 0.0615. The van der Waals surface area contributed by atoms with Crippen molar-refractivity contribution in [2.75, 3.05) is 7.05 Å². The number of hydrogen-bond donors (Lipinski definition) is 1. The quantitative estimate of drug-likeness (QED) is 0.397. The van der Waals surface area contributed by atoms with Crippen LogP contribution >= 0.6 is 12.2 Å². The highest BCUT2D eigenvalue weighted by atomic mass is 32.1. The molecule has 1 aliphatic rings. The number of aromatic hydroxyl groups is 1. The zero-order valence-corrected chi connectivity index (χ0v) is 20.6. The van der Waals surface area contributed by atoms with E-state index in [9.17, 15) is 14.7 Å². The van der Waals surface area contributed by atoms with Crippen LogP contribution in [-0.2, 0) is 20.4 Å². The number of thiocarbonyl (C=S) groups is 1. The van der Waals surface area contributed by atoms with Crippen molar-refractivity contribution in [3.8, 4) is 5.75 Å². The van der Waals surface area contributed by atoms with E-state index in [1.54, 1.807) is 13.1 Å². The molecule has 0 radical (unpaired) electrons. The van der Waals surface area contributed by atoms with Crippen molar-refractivity contribution in [1.82, 2.24) is 9.80 Å². The van der Waals surface area contributed by atoms with E-state index in [4.69, 9.17) is 12.2 Å². The van der Waals surface area contributed by atoms with Gasteiger partial charge in [0, 0.05) is 23.7 Å². The number of rotatable bonds is 1. The van der Waals surface area contributed by atoms with Crippen molar-refractivity contribution in [2.45, 2.75) is 78.7 Å². The van der Waals surface area contributed by atoms with Crippen LogP contribution in [0.2, 0.25) is 0 Å². The fourth-order valence-corrected chi connectivity index (χ4v) is 3.92. The van der Waals surface area contributed by atoms with E-state index in [0.717, 1.165) is 11.1 Å². The van der Waals surface area contributed by atoms with Gasteiger partial charge in [0.15, 0.2) is 5.11 Å². The molecule has 0 unspecified atom stereocenters. The van der Waals surface area contributed by atoms with Crippen LogP contribution in [0.5, 0.6) is 5.75 Å². The molecule has 2 rings (SSSR count). The molecule has 1 aromatic rings. The van der Waals surface area contributed by atoms with Crippen LogP contribution in [0, 0.1) is 0 Å². The Bertz CT molecular complexity index is 906. The van der Waals surface area contributed by atoms with Gasteiger partial charge in [-0.3, -0.25) is 19.4 Å². The van der Waals surface area contributed by atoms with E-state index in [-0.39, 0.29) is 27.3 Å². The van der Waals surface area contributed by atoms with Gasteiger partial charge in [0.2, 0.25) is 0 Å². The van der Waals surface area contributed by atoms with Crippen LogP contribution in [0.4, 0.5) is 0 Å². The zero-order chi connectivity index (χ0) is 23.4. The summed E-state index contributed by atoms with van der Waals surface area (Å²) in [6.07, 6.45) is 1.62. The van der Waals surface area contributed by atoms with E-state index >= 15 is 0 Å². The molecule has 0 aliphatic carbocycles. The van der Waals surface area contributed by atoms with Crippen LogP contribution in [0.3, 0.4) is 0 Å². The summed E-state index contributed by atoms with van der Waals surface area (Å²) < 4.78 is 0. The van der Waals surface area contributed by atoms with E-state index < -0.39 is 17.4 Å². The van der Waals surface area contributed by atoms with Gasteiger partial charge in [-0.2, -0.15) is 0 Å². The fourth-order valence-electron chi connectivity index (χ4n) is 3.48. The van der Waals surface area contributed by atoms with E-state index in [2.05, 4.69) is 0 Å². The lowest BCUT2D eigenvalue weighted by atomic mass is 9.78. The smallest absolute Gasteiger partial charge is 0.266 e. The number of likely N-dealkylation sites (N-methyl/N-ethyl adjacent to an activating group) is 1. The zero-order valence-electron chi connectivity index (χ0n) is 19.8. The minimum atomic E-state index is -0.565. The van der Waals surface area contributed by atoms with Crippen LogP contribution in [-0.4, -0.2) is 44.4 Å². The second-order valence-electron chi connectivity index (χ2n) is 11.0. The summed E-state index contributed by atoms with van der Waals surface area (Å²) in [6.45, 7) is 17.8. The molecule has 1 N–H and O–H groups in total. The first-order valence-corrected chi connectivity index (χ1v) is 10.5. The first kappa shape index (κ1) is 24.1. The molecule has 1 saturated heterocycles. The van der Waals surface area contributed by atoms with E-state index in [0.29, 0.717) is 5.56 Å². The Kier molecular flexibility index (Phi) is 6.00. The van der Waals surface area contributed by atoms with E-state index in [1.807, 2.05) is 74.4 Å². The molecule has 0 spiro atoms. The van der Waals surface area contributed by atoms with Gasteiger partial charge < -0.3 is 5.11 Å². The number of phenols is 1. The third kappa shape index (κ3) is 4.43. The Balaban J connectivity index is 2.76. The topological polar surface area (TPSA) is 60.9 Å². The summed E-state index contributed by atoms with van der Waals surface area (Å²) >= 11 is 5.38. The Hall–Kier alpha value is -2.21. The first-order valence-electron chi connectivity index (χ1n) is 10.1. The third-order valence-corrected chi connectivity index (χ3v) is 5.63. The number of benzene rings is 1. The number of carbonyl (C=O) groups is 2. The Morgan fingerprint density at radius 1 is 0.867 bits per heavy atom. The van der Waals surface area contributed by atoms with Crippen molar-refractivity contribution in [2.24, 2.45) is 0 Å². The molecule has 0 bridgehead atoms. The molecule has 6 heteroatoms. The largest absolute Gasteiger partial charge is 0.507 e. The minimum Gasteiger partial charge on any atom is -0.507 e. The van der Waals surface area contributed by atoms with Gasteiger partial charge in [-0.1, -0.05) is 41.5 Å². The second kappa shape index (κ2) is 7.49. The van der Waals surface area contributed by atoms with Crippen LogP contribution in [0.25, 0.3) is 6.08 Å². The van der Waals surface area contributed by atoms with Gasteiger partial charge in [-0.15, -0.1) is 0 Å². The molecule has 2 amide bonds. The van der Waals surface area contributed by atoms with Crippen molar-refractivity contribution in [1.29, 1.82) is 0 Å². The average molecular weight is 431 g/mol. The molecule has 164 valence electrons. The molecule has 1 aromatic carbocycles. The Morgan fingerprint density at radius 2 is 1.30 bits per heavy atom. The van der Waals surface area contributed by atoms with Crippen molar-refractivity contribution in [3.05, 3.63) is 34.4 Å². The molecule has 1 fully saturated rings. The summed E-state index contributed by atoms with van der Waals surface area (Å²) in [5.74, 6) is -0.570. The maximum absolute atomic E-state index is 13.2. The average Bonchev–Trinajstić information content (AvgIpc) is 2.54. The number of hydrogen-bond acceptors (Lipinski definition) is 4. The Morgan fingerprint density at radius 3 is 1.67 bits per heavy atom. The van der Waals surface area contributed by atoms with Crippen LogP contribution < -0.4 is 0 Å². The number of phenolic OH excluding ortho intramolecular Hbond substituents is 1. The molecule has 1 heterocycles. The SMILES string of the molecule is CN1C(=O)C(=Cc2cc(C(C)(C)C)c(O)c(C(C)(C)C)c2)C(=O)N(C(C)(C)C)C1=S. The molecule has 0 aromatic heterocycles. The highest BCUT2D eigenvalue weighted by molar-refractivity contribution is 7.80. The van der Waals surface area contributed by atoms with Gasteiger partial charge in [0.05, 0.1) is 0 Å². The molecule has 30 heavy (non-hydrogen) atoms. The predicted molar refractivity (Wildman–Crippen MR) is 125 cm³/mol. The molecule has 0 atom stereocenters. The molecule has 5 nitrogen and oxygen atoms in total. The number of nitrogens with zero attached hydrogens (tertiary/aromatic N) is 2. The number of amides is 2. The lowest BCUT2D eigenvalue weighted by Gasteiger charge is -2.42. The van der Waals surface area contributed by atoms with E-state index in [1.165, 1.54) is 9.80 Å². The van der Waals surface area contributed by atoms with Crippen molar-refractivity contribution < 1.29 is 14.7 Å². The lowest BCUT2D eigenvalue weighted by Crippen LogP contribution is -2.60. The van der Waals surface area contributed by atoms with Crippen LogP contribution in [0.1, 0.15) is 79.0 Å². The normalized spacial score (nSPS) is 17.9. The predicted octanol–water partition coefficient (Wildman–Crippen LogP) is 4.75. The number of carbonyl (C=O) groups excluding carboxylic acids is 2. The summed E-state index contributed by atoms with van der Waals surface area (Å²) in [6, 6.07) is 3.71. The van der Waals surface area contributed by atoms with Gasteiger partial charge in [-0.25, -0.2) is 0 Å². The molecular formula is C24H34N2O3S. The summed E-state index contributed by atoms with van der Waals surface area (Å²) in [7, 11) is 1.58. The molecule has 1 aliphatic heterocycles. The third-order valence-electron chi connectivity index (χ3n) is 5.18. The molecular weight excluding hydrogens is 396 g/mol. The summed E-state index contributed by atoms with van der Waals surface area (Å²) in [5, 5.41) is 11.1. The van der Waals surface area contributed by atoms with Crippen molar-refractivity contribution in [3.63, 3.8) is 0 Å². The standard InChI is InChI=1S/C24H34N2O3S/c1-22(2,3)16-12-14(13-17(18(16)27)23(4,5)6)11-15-19(28)25(10)21(30)26(20(15)29)24(7,8)9/h11-13,27H,1-10H3. The highest BCUT2D eigenvalue weighted by Gasteiger charge is 2.42. The van der Waals surface area contributed by atoms with Gasteiger partial charge in [0.1, 0.15) is 11.3 Å². The fraction of sp³-hybridized carbons (Fsp3) is 0.542. The molecule has 0 saturated carbocycles.